The van der Waals surface area contributed by atoms with Crippen LogP contribution in [0.2, 0.25) is 0 Å². The standard InChI is InChI=1S/C19H21N5O3/c20-17-7-3-2-6-16(17)19(25)22-21-13-14-12-15(24(26)27)8-9-18(14)23-10-4-1-5-11-23/h2-3,6-9,12-13H,1,4-5,10-11,20H2,(H,22,25)/b21-13-. The predicted octanol–water partition coefficient (Wildman–Crippen LogP) is 2.93. The molecule has 0 saturated carbocycles. The number of nitrogens with two attached hydrogens (primary N) is 1. The molecule has 8 heteroatoms. The lowest BCUT2D eigenvalue weighted by Gasteiger charge is -2.29. The summed E-state index contributed by atoms with van der Waals surface area (Å²) in [5.41, 5.74) is 10.3. The number of nitrogens with one attached hydrogen (secondary N) is 1. The number of nitro benzene ring substituents is 1. The van der Waals surface area contributed by atoms with Crippen LogP contribution in [0.5, 0.6) is 0 Å². The number of hydrazone groups is 1. The van der Waals surface area contributed by atoms with E-state index < -0.39 is 10.8 Å². The van der Waals surface area contributed by atoms with Gasteiger partial charge >= 0.3 is 0 Å². The van der Waals surface area contributed by atoms with Crippen LogP contribution in [0.1, 0.15) is 35.2 Å². The van der Waals surface area contributed by atoms with E-state index in [1.165, 1.54) is 24.8 Å². The molecule has 0 bridgehead atoms. The number of para-hydroxylation sites is 1. The monoisotopic (exact) mass is 367 g/mol. The van der Waals surface area contributed by atoms with Gasteiger partial charge in [0, 0.05) is 42.2 Å². The van der Waals surface area contributed by atoms with Crippen molar-refractivity contribution in [1.82, 2.24) is 5.43 Å². The highest BCUT2D eigenvalue weighted by Gasteiger charge is 2.17. The molecule has 1 aliphatic heterocycles. The number of carbonyl (C=O) groups is 1. The average Bonchev–Trinajstić information content (AvgIpc) is 2.68. The van der Waals surface area contributed by atoms with E-state index in [2.05, 4.69) is 15.4 Å². The fraction of sp³-hybridized carbons (Fsp3) is 0.263. The molecule has 27 heavy (non-hydrogen) atoms. The van der Waals surface area contributed by atoms with Crippen molar-refractivity contribution in [2.45, 2.75) is 19.3 Å². The maximum atomic E-state index is 12.2. The Bertz CT molecular complexity index is 875. The number of carbonyl (C=O) groups excluding carboxylic acids is 1. The van der Waals surface area contributed by atoms with Gasteiger partial charge in [-0.2, -0.15) is 5.10 Å². The lowest BCUT2D eigenvalue weighted by molar-refractivity contribution is -0.384. The van der Waals surface area contributed by atoms with Crippen molar-refractivity contribution in [2.24, 2.45) is 5.10 Å². The van der Waals surface area contributed by atoms with Crippen molar-refractivity contribution in [3.63, 3.8) is 0 Å². The maximum Gasteiger partial charge on any atom is 0.273 e. The first-order chi connectivity index (χ1) is 13.1. The zero-order valence-corrected chi connectivity index (χ0v) is 14.8. The first kappa shape index (κ1) is 18.4. The van der Waals surface area contributed by atoms with Crippen LogP contribution in [0.15, 0.2) is 47.6 Å². The van der Waals surface area contributed by atoms with Crippen LogP contribution in [0, 0.1) is 10.1 Å². The van der Waals surface area contributed by atoms with Crippen molar-refractivity contribution < 1.29 is 9.72 Å². The SMILES string of the molecule is Nc1ccccc1C(=O)N/N=C\c1cc([N+](=O)[O-])ccc1N1CCCCC1. The maximum absolute atomic E-state index is 12.2. The Morgan fingerprint density at radius 2 is 1.93 bits per heavy atom. The number of benzene rings is 2. The van der Waals surface area contributed by atoms with Crippen LogP contribution in [-0.4, -0.2) is 30.1 Å². The Balaban J connectivity index is 1.82. The highest BCUT2D eigenvalue weighted by Crippen LogP contribution is 2.27. The topological polar surface area (TPSA) is 114 Å². The molecule has 0 aliphatic carbocycles. The number of piperidine rings is 1. The highest BCUT2D eigenvalue weighted by atomic mass is 16.6. The number of rotatable bonds is 5. The van der Waals surface area contributed by atoms with Gasteiger partial charge in [0.1, 0.15) is 0 Å². The minimum atomic E-state index is -0.444. The number of nitro groups is 1. The zero-order valence-electron chi connectivity index (χ0n) is 14.8. The summed E-state index contributed by atoms with van der Waals surface area (Å²) in [5, 5.41) is 15.1. The lowest BCUT2D eigenvalue weighted by Crippen LogP contribution is -2.30. The van der Waals surface area contributed by atoms with Crippen LogP contribution in [-0.2, 0) is 0 Å². The fourth-order valence-corrected chi connectivity index (χ4v) is 3.11. The minimum absolute atomic E-state index is 0.0177. The largest absolute Gasteiger partial charge is 0.398 e. The van der Waals surface area contributed by atoms with Crippen LogP contribution < -0.4 is 16.1 Å². The summed E-state index contributed by atoms with van der Waals surface area (Å²) in [6.45, 7) is 1.79. The second-order valence-electron chi connectivity index (χ2n) is 6.33. The second-order valence-corrected chi connectivity index (χ2v) is 6.33. The third-order valence-electron chi connectivity index (χ3n) is 4.49. The van der Waals surface area contributed by atoms with Crippen molar-refractivity contribution in [1.29, 1.82) is 0 Å². The average molecular weight is 367 g/mol. The molecule has 0 unspecified atom stereocenters. The smallest absolute Gasteiger partial charge is 0.273 e. The second kappa shape index (κ2) is 8.31. The van der Waals surface area contributed by atoms with Crippen molar-refractivity contribution in [3.8, 4) is 0 Å². The van der Waals surface area contributed by atoms with Gasteiger partial charge in [-0.3, -0.25) is 14.9 Å². The molecule has 0 atom stereocenters. The molecule has 1 amide bonds. The molecule has 2 aromatic carbocycles. The fourth-order valence-electron chi connectivity index (χ4n) is 3.11. The highest BCUT2D eigenvalue weighted by molar-refractivity contribution is 5.99. The summed E-state index contributed by atoms with van der Waals surface area (Å²) in [5.74, 6) is -0.436. The molecular weight excluding hydrogens is 346 g/mol. The molecule has 2 aromatic rings. The van der Waals surface area contributed by atoms with E-state index in [1.807, 2.05) is 0 Å². The van der Waals surface area contributed by atoms with Crippen molar-refractivity contribution in [3.05, 3.63) is 63.7 Å². The zero-order chi connectivity index (χ0) is 19.2. The summed E-state index contributed by atoms with van der Waals surface area (Å²) >= 11 is 0. The van der Waals surface area contributed by atoms with E-state index in [-0.39, 0.29) is 5.69 Å². The van der Waals surface area contributed by atoms with Crippen LogP contribution in [0.25, 0.3) is 0 Å². The molecular formula is C19H21N5O3. The molecule has 0 aromatic heterocycles. The first-order valence-electron chi connectivity index (χ1n) is 8.77. The number of hydrogen-bond acceptors (Lipinski definition) is 6. The van der Waals surface area contributed by atoms with E-state index >= 15 is 0 Å². The van der Waals surface area contributed by atoms with Gasteiger partial charge in [-0.1, -0.05) is 12.1 Å². The number of nitrogens with zero attached hydrogens (tertiary/aromatic N) is 3. The molecule has 0 spiro atoms. The Hall–Kier alpha value is -3.42. The Morgan fingerprint density at radius 1 is 1.19 bits per heavy atom. The van der Waals surface area contributed by atoms with Gasteiger partial charge in [0.25, 0.3) is 11.6 Å². The van der Waals surface area contributed by atoms with Gasteiger partial charge in [0.15, 0.2) is 0 Å². The van der Waals surface area contributed by atoms with Gasteiger partial charge in [0.05, 0.1) is 16.7 Å². The molecule has 140 valence electrons. The predicted molar refractivity (Wildman–Crippen MR) is 105 cm³/mol. The summed E-state index contributed by atoms with van der Waals surface area (Å²) < 4.78 is 0. The minimum Gasteiger partial charge on any atom is -0.398 e. The van der Waals surface area contributed by atoms with Gasteiger partial charge in [-0.05, 0) is 37.5 Å². The molecule has 8 nitrogen and oxygen atoms in total. The number of nitrogen functional groups attached to an aromatic ring is 1. The quantitative estimate of drug-likeness (QED) is 0.365. The molecule has 3 N–H and O–H groups in total. The molecule has 3 rings (SSSR count). The third-order valence-corrected chi connectivity index (χ3v) is 4.49. The lowest BCUT2D eigenvalue weighted by atomic mass is 10.1. The van der Waals surface area contributed by atoms with Gasteiger partial charge in [-0.25, -0.2) is 5.43 Å². The Morgan fingerprint density at radius 3 is 2.63 bits per heavy atom. The van der Waals surface area contributed by atoms with Crippen LogP contribution in [0.3, 0.4) is 0 Å². The first-order valence-corrected chi connectivity index (χ1v) is 8.77. The normalized spacial score (nSPS) is 14.3. The summed E-state index contributed by atoms with van der Waals surface area (Å²) in [6, 6.07) is 11.4. The molecule has 0 radical (unpaired) electrons. The summed E-state index contributed by atoms with van der Waals surface area (Å²) in [4.78, 5) is 25.0. The van der Waals surface area contributed by atoms with E-state index in [0.29, 0.717) is 16.8 Å². The van der Waals surface area contributed by atoms with Crippen molar-refractivity contribution in [2.75, 3.05) is 23.7 Å². The number of anilines is 2. The number of hydrogen-bond donors (Lipinski definition) is 2. The van der Waals surface area contributed by atoms with Crippen LogP contribution >= 0.6 is 0 Å². The van der Waals surface area contributed by atoms with E-state index in [1.54, 1.807) is 30.3 Å². The van der Waals surface area contributed by atoms with Crippen molar-refractivity contribution >= 4 is 29.2 Å². The molecule has 1 aliphatic rings. The molecule has 1 saturated heterocycles. The summed E-state index contributed by atoms with van der Waals surface area (Å²) in [7, 11) is 0. The Kier molecular flexibility index (Phi) is 5.65. The number of amides is 1. The van der Waals surface area contributed by atoms with E-state index in [4.69, 9.17) is 5.73 Å². The van der Waals surface area contributed by atoms with Gasteiger partial charge in [-0.15, -0.1) is 0 Å². The Labute approximate surface area is 156 Å². The number of non-ortho nitro benzene ring substituents is 1. The third kappa shape index (κ3) is 4.41. The van der Waals surface area contributed by atoms with Gasteiger partial charge < -0.3 is 10.6 Å². The molecule has 1 fully saturated rings. The van der Waals surface area contributed by atoms with Crippen LogP contribution in [0.4, 0.5) is 17.1 Å². The van der Waals surface area contributed by atoms with E-state index in [9.17, 15) is 14.9 Å². The van der Waals surface area contributed by atoms with Gasteiger partial charge in [0.2, 0.25) is 0 Å². The molecule has 1 heterocycles. The summed E-state index contributed by atoms with van der Waals surface area (Å²) in [6.07, 6.45) is 4.78. The van der Waals surface area contributed by atoms with E-state index in [0.717, 1.165) is 31.6 Å².